The highest BCUT2D eigenvalue weighted by Crippen LogP contribution is 2.35. The van der Waals surface area contributed by atoms with Gasteiger partial charge in [-0.2, -0.15) is 5.10 Å². The van der Waals surface area contributed by atoms with E-state index in [1.54, 1.807) is 10.9 Å². The third-order valence-electron chi connectivity index (χ3n) is 4.41. The summed E-state index contributed by atoms with van der Waals surface area (Å²) in [5.41, 5.74) is 2.36. The van der Waals surface area contributed by atoms with Crippen molar-refractivity contribution >= 4 is 0 Å². The van der Waals surface area contributed by atoms with Gasteiger partial charge < -0.3 is 5.11 Å². The van der Waals surface area contributed by atoms with Crippen molar-refractivity contribution in [3.63, 3.8) is 0 Å². The van der Waals surface area contributed by atoms with Crippen LogP contribution < -0.4 is 0 Å². The molecular formula is C16H19F2N3O. The molecule has 4 nitrogen and oxygen atoms in total. The molecule has 0 bridgehead atoms. The summed E-state index contributed by atoms with van der Waals surface area (Å²) in [6.07, 6.45) is 1.64. The van der Waals surface area contributed by atoms with Gasteiger partial charge in [-0.15, -0.1) is 0 Å². The highest BCUT2D eigenvalue weighted by atomic mass is 19.1. The average Bonchev–Trinajstić information content (AvgIpc) is 2.99. The van der Waals surface area contributed by atoms with Crippen molar-refractivity contribution < 1.29 is 13.9 Å². The Balaban J connectivity index is 1.89. The van der Waals surface area contributed by atoms with Crippen LogP contribution in [0, 0.1) is 18.6 Å². The van der Waals surface area contributed by atoms with Gasteiger partial charge in [0.15, 0.2) is 0 Å². The number of aliphatic hydroxyl groups is 1. The van der Waals surface area contributed by atoms with Gasteiger partial charge in [0.05, 0.1) is 12.3 Å². The standard InChI is InChI=1S/C16H19F2N3O/c1-10-11(7-19-20(10)2)8-21-9-13(22)6-16(21)14-5-12(17)3-4-15(14)18/h3-5,7,13,16,22H,6,8-9H2,1-2H3/t13-,16+/m0/s1. The van der Waals surface area contributed by atoms with E-state index in [1.807, 2.05) is 18.9 Å². The van der Waals surface area contributed by atoms with E-state index in [0.29, 0.717) is 25.1 Å². The van der Waals surface area contributed by atoms with E-state index in [4.69, 9.17) is 0 Å². The van der Waals surface area contributed by atoms with E-state index in [1.165, 1.54) is 6.07 Å². The zero-order valence-electron chi connectivity index (χ0n) is 12.6. The van der Waals surface area contributed by atoms with E-state index >= 15 is 0 Å². The summed E-state index contributed by atoms with van der Waals surface area (Å²) in [6.45, 7) is 2.96. The van der Waals surface area contributed by atoms with Gasteiger partial charge in [0, 0.05) is 43.0 Å². The number of hydrogen-bond acceptors (Lipinski definition) is 3. The number of hydrogen-bond donors (Lipinski definition) is 1. The molecule has 0 radical (unpaired) electrons. The fraction of sp³-hybridized carbons (Fsp3) is 0.438. The maximum atomic E-state index is 14.1. The van der Waals surface area contributed by atoms with E-state index in [0.717, 1.165) is 23.4 Å². The van der Waals surface area contributed by atoms with E-state index in [2.05, 4.69) is 5.10 Å². The fourth-order valence-corrected chi connectivity index (χ4v) is 3.07. The van der Waals surface area contributed by atoms with Crippen molar-refractivity contribution in [3.8, 4) is 0 Å². The smallest absolute Gasteiger partial charge is 0.128 e. The van der Waals surface area contributed by atoms with Crippen LogP contribution in [0.25, 0.3) is 0 Å². The van der Waals surface area contributed by atoms with Crippen molar-refractivity contribution in [3.05, 3.63) is 52.9 Å². The molecule has 0 saturated carbocycles. The van der Waals surface area contributed by atoms with Crippen LogP contribution in [-0.4, -0.2) is 32.4 Å². The zero-order chi connectivity index (χ0) is 15.9. The van der Waals surface area contributed by atoms with E-state index < -0.39 is 17.7 Å². The van der Waals surface area contributed by atoms with Crippen LogP contribution in [0.3, 0.4) is 0 Å². The lowest BCUT2D eigenvalue weighted by atomic mass is 10.0. The van der Waals surface area contributed by atoms with Crippen molar-refractivity contribution in [2.24, 2.45) is 7.05 Å². The van der Waals surface area contributed by atoms with Gasteiger partial charge in [0.2, 0.25) is 0 Å². The normalized spacial score (nSPS) is 22.4. The van der Waals surface area contributed by atoms with Crippen molar-refractivity contribution in [2.75, 3.05) is 6.54 Å². The summed E-state index contributed by atoms with van der Waals surface area (Å²) in [6, 6.07) is 3.15. The number of likely N-dealkylation sites (tertiary alicyclic amines) is 1. The molecule has 2 atom stereocenters. The third kappa shape index (κ3) is 2.76. The first kappa shape index (κ1) is 15.1. The SMILES string of the molecule is Cc1c(CN2C[C@@H](O)C[C@@H]2c2cc(F)ccc2F)cnn1C. The second-order valence-corrected chi connectivity index (χ2v) is 5.88. The third-order valence-corrected chi connectivity index (χ3v) is 4.41. The molecule has 2 heterocycles. The highest BCUT2D eigenvalue weighted by molar-refractivity contribution is 5.25. The van der Waals surface area contributed by atoms with Crippen molar-refractivity contribution in [1.82, 2.24) is 14.7 Å². The summed E-state index contributed by atoms with van der Waals surface area (Å²) < 4.78 is 29.3. The zero-order valence-corrected chi connectivity index (χ0v) is 12.6. The first-order valence-electron chi connectivity index (χ1n) is 7.30. The lowest BCUT2D eigenvalue weighted by Crippen LogP contribution is -2.25. The van der Waals surface area contributed by atoms with Crippen LogP contribution in [-0.2, 0) is 13.6 Å². The Bertz CT molecular complexity index is 686. The fourth-order valence-electron chi connectivity index (χ4n) is 3.07. The number of β-amino-alcohol motifs (C(OH)–C–C–N with tert-alkyl or cyclic N) is 1. The molecule has 0 amide bonds. The quantitative estimate of drug-likeness (QED) is 0.946. The van der Waals surface area contributed by atoms with Crippen LogP contribution in [0.15, 0.2) is 24.4 Å². The molecule has 3 rings (SSSR count). The molecule has 1 aliphatic heterocycles. The Labute approximate surface area is 128 Å². The number of benzene rings is 1. The molecule has 1 saturated heterocycles. The molecule has 6 heteroatoms. The number of nitrogens with zero attached hydrogens (tertiary/aromatic N) is 3. The Morgan fingerprint density at radius 1 is 1.36 bits per heavy atom. The van der Waals surface area contributed by atoms with Crippen LogP contribution in [0.4, 0.5) is 8.78 Å². The maximum absolute atomic E-state index is 14.1. The molecule has 2 aromatic rings. The van der Waals surface area contributed by atoms with Gasteiger partial charge in [-0.05, 0) is 31.5 Å². The molecule has 1 aliphatic rings. The molecule has 22 heavy (non-hydrogen) atoms. The predicted molar refractivity (Wildman–Crippen MR) is 78.1 cm³/mol. The van der Waals surface area contributed by atoms with Crippen molar-refractivity contribution in [1.29, 1.82) is 0 Å². The lowest BCUT2D eigenvalue weighted by Gasteiger charge is -2.24. The average molecular weight is 307 g/mol. The summed E-state index contributed by atoms with van der Waals surface area (Å²) >= 11 is 0. The van der Waals surface area contributed by atoms with Gasteiger partial charge in [0.1, 0.15) is 11.6 Å². The second kappa shape index (κ2) is 5.78. The van der Waals surface area contributed by atoms with E-state index in [-0.39, 0.29) is 6.04 Å². The number of aromatic nitrogens is 2. The van der Waals surface area contributed by atoms with Crippen LogP contribution in [0.2, 0.25) is 0 Å². The minimum absolute atomic E-state index is 0.304. The topological polar surface area (TPSA) is 41.3 Å². The summed E-state index contributed by atoms with van der Waals surface area (Å²) in [5, 5.41) is 14.2. The summed E-state index contributed by atoms with van der Waals surface area (Å²) in [4.78, 5) is 1.98. The van der Waals surface area contributed by atoms with Gasteiger partial charge in [-0.1, -0.05) is 0 Å². The van der Waals surface area contributed by atoms with Crippen molar-refractivity contribution in [2.45, 2.75) is 32.0 Å². The van der Waals surface area contributed by atoms with Gasteiger partial charge in [0.25, 0.3) is 0 Å². The van der Waals surface area contributed by atoms with E-state index in [9.17, 15) is 13.9 Å². The first-order chi connectivity index (χ1) is 10.5. The van der Waals surface area contributed by atoms with Gasteiger partial charge >= 0.3 is 0 Å². The molecule has 1 aromatic carbocycles. The molecule has 1 aromatic heterocycles. The number of rotatable bonds is 3. The Morgan fingerprint density at radius 2 is 2.14 bits per heavy atom. The van der Waals surface area contributed by atoms with Crippen LogP contribution in [0.1, 0.15) is 29.3 Å². The minimum Gasteiger partial charge on any atom is -0.392 e. The van der Waals surface area contributed by atoms with Gasteiger partial charge in [-0.25, -0.2) is 8.78 Å². The van der Waals surface area contributed by atoms with Crippen LogP contribution >= 0.6 is 0 Å². The lowest BCUT2D eigenvalue weighted by molar-refractivity contribution is 0.172. The number of aliphatic hydroxyl groups excluding tert-OH is 1. The number of halogens is 2. The highest BCUT2D eigenvalue weighted by Gasteiger charge is 2.34. The monoisotopic (exact) mass is 307 g/mol. The molecule has 0 spiro atoms. The largest absolute Gasteiger partial charge is 0.392 e. The summed E-state index contributed by atoms with van der Waals surface area (Å²) in [7, 11) is 1.86. The second-order valence-electron chi connectivity index (χ2n) is 5.88. The summed E-state index contributed by atoms with van der Waals surface area (Å²) in [5.74, 6) is -0.899. The Morgan fingerprint density at radius 3 is 2.82 bits per heavy atom. The first-order valence-corrected chi connectivity index (χ1v) is 7.30. The van der Waals surface area contributed by atoms with Gasteiger partial charge in [-0.3, -0.25) is 9.58 Å². The predicted octanol–water partition coefficient (Wildman–Crippen LogP) is 2.31. The molecule has 1 N–H and O–H groups in total. The molecule has 0 aliphatic carbocycles. The van der Waals surface area contributed by atoms with Crippen LogP contribution in [0.5, 0.6) is 0 Å². The molecule has 118 valence electrons. The molecule has 1 fully saturated rings. The number of aryl methyl sites for hydroxylation is 1. The molecule has 0 unspecified atom stereocenters. The maximum Gasteiger partial charge on any atom is 0.128 e. The Kier molecular flexibility index (Phi) is 3.97. The Hall–Kier alpha value is -1.79. The minimum atomic E-state index is -0.537. The molecular weight excluding hydrogens is 288 g/mol.